The zero-order valence-electron chi connectivity index (χ0n) is 10.4. The Hall–Kier alpha value is -0.810. The van der Waals surface area contributed by atoms with Gasteiger partial charge in [-0.05, 0) is 5.92 Å². The van der Waals surface area contributed by atoms with Crippen LogP contribution in [0.2, 0.25) is 0 Å². The van der Waals surface area contributed by atoms with Crippen LogP contribution in [0.4, 0.5) is 0 Å². The Morgan fingerprint density at radius 1 is 1.31 bits per heavy atom. The van der Waals surface area contributed by atoms with Crippen LogP contribution in [0.5, 0.6) is 0 Å². The van der Waals surface area contributed by atoms with Crippen LogP contribution in [0.3, 0.4) is 0 Å². The Bertz CT molecular complexity index is 222. The van der Waals surface area contributed by atoms with Gasteiger partial charge in [-0.15, -0.1) is 0 Å². The molecule has 3 N–H and O–H groups in total. The summed E-state index contributed by atoms with van der Waals surface area (Å²) in [5, 5.41) is 8.84. The van der Waals surface area contributed by atoms with Crippen molar-refractivity contribution in [2.45, 2.75) is 13.8 Å². The number of nitrogens with two attached hydrogens (primary N) is 1. The predicted molar refractivity (Wildman–Crippen MR) is 66.4 cm³/mol. The van der Waals surface area contributed by atoms with Gasteiger partial charge in [-0.1, -0.05) is 13.8 Å². The maximum absolute atomic E-state index is 8.84. The van der Waals surface area contributed by atoms with Crippen molar-refractivity contribution < 1.29 is 5.11 Å². The van der Waals surface area contributed by atoms with Crippen LogP contribution < -0.4 is 5.73 Å². The number of guanidine groups is 1. The van der Waals surface area contributed by atoms with E-state index in [1.165, 1.54) is 0 Å². The van der Waals surface area contributed by atoms with Crippen molar-refractivity contribution in [2.75, 3.05) is 45.9 Å². The van der Waals surface area contributed by atoms with Gasteiger partial charge in [0.2, 0.25) is 0 Å². The molecule has 1 fully saturated rings. The summed E-state index contributed by atoms with van der Waals surface area (Å²) in [6.45, 7) is 9.79. The van der Waals surface area contributed by atoms with Gasteiger partial charge in [0.15, 0.2) is 5.96 Å². The van der Waals surface area contributed by atoms with Crippen molar-refractivity contribution in [1.82, 2.24) is 9.80 Å². The first-order valence-corrected chi connectivity index (χ1v) is 6.01. The third kappa shape index (κ3) is 4.37. The molecule has 0 aromatic heterocycles. The number of β-amino-alcohol motifs (C(OH)–C–C–N with tert-alkyl or cyclic N) is 1. The molecule has 1 rings (SSSR count). The lowest BCUT2D eigenvalue weighted by Crippen LogP contribution is -2.51. The second-order valence-corrected chi connectivity index (χ2v) is 4.65. The van der Waals surface area contributed by atoms with Gasteiger partial charge in [-0.25, -0.2) is 0 Å². The van der Waals surface area contributed by atoms with E-state index >= 15 is 0 Å². The number of nitrogens with zero attached hydrogens (tertiary/aromatic N) is 3. The van der Waals surface area contributed by atoms with Gasteiger partial charge in [0.1, 0.15) is 0 Å². The fourth-order valence-corrected chi connectivity index (χ4v) is 1.72. The van der Waals surface area contributed by atoms with Gasteiger partial charge in [0.25, 0.3) is 0 Å². The van der Waals surface area contributed by atoms with Crippen LogP contribution in [0.25, 0.3) is 0 Å². The number of rotatable bonds is 4. The molecule has 0 aromatic rings. The van der Waals surface area contributed by atoms with Gasteiger partial charge < -0.3 is 15.7 Å². The minimum Gasteiger partial charge on any atom is -0.395 e. The third-order valence-corrected chi connectivity index (χ3v) is 2.73. The molecule has 0 spiro atoms. The zero-order valence-corrected chi connectivity index (χ0v) is 10.4. The van der Waals surface area contributed by atoms with Gasteiger partial charge in [-0.2, -0.15) is 0 Å². The molecule has 0 unspecified atom stereocenters. The number of aliphatic hydroxyl groups excluding tert-OH is 1. The summed E-state index contributed by atoms with van der Waals surface area (Å²) in [4.78, 5) is 8.73. The summed E-state index contributed by atoms with van der Waals surface area (Å²) in [5.74, 6) is 1.21. The van der Waals surface area contributed by atoms with Crippen molar-refractivity contribution in [1.29, 1.82) is 0 Å². The maximum Gasteiger partial charge on any atom is 0.191 e. The molecule has 1 aliphatic rings. The number of aliphatic hydroxyl groups is 1. The summed E-state index contributed by atoms with van der Waals surface area (Å²) in [6, 6.07) is 0. The lowest BCUT2D eigenvalue weighted by Gasteiger charge is -2.34. The van der Waals surface area contributed by atoms with E-state index in [4.69, 9.17) is 10.8 Å². The van der Waals surface area contributed by atoms with Crippen molar-refractivity contribution in [3.05, 3.63) is 0 Å². The van der Waals surface area contributed by atoms with Crippen molar-refractivity contribution in [3.63, 3.8) is 0 Å². The minimum atomic E-state index is 0.233. The number of aliphatic imine (C=N–C) groups is 1. The largest absolute Gasteiger partial charge is 0.395 e. The standard InChI is InChI=1S/C11H24N4O/c1-10(2)9-13-11(12)15-5-3-14(4-6-15)7-8-16/h10,16H,3-9H2,1-2H3,(H2,12,13). The van der Waals surface area contributed by atoms with Gasteiger partial charge in [0, 0.05) is 39.3 Å². The van der Waals surface area contributed by atoms with Crippen LogP contribution >= 0.6 is 0 Å². The Balaban J connectivity index is 2.32. The van der Waals surface area contributed by atoms with Gasteiger partial charge in [-0.3, -0.25) is 9.89 Å². The van der Waals surface area contributed by atoms with Crippen LogP contribution in [0, 0.1) is 5.92 Å². The van der Waals surface area contributed by atoms with Crippen LogP contribution in [-0.2, 0) is 0 Å². The second-order valence-electron chi connectivity index (χ2n) is 4.65. The molecule has 0 saturated carbocycles. The van der Waals surface area contributed by atoms with Gasteiger partial charge in [0.05, 0.1) is 6.61 Å². The third-order valence-electron chi connectivity index (χ3n) is 2.73. The molecule has 0 radical (unpaired) electrons. The SMILES string of the molecule is CC(C)CN=C(N)N1CCN(CCO)CC1. The molecular weight excluding hydrogens is 204 g/mol. The molecule has 1 heterocycles. The summed E-state index contributed by atoms with van der Waals surface area (Å²) < 4.78 is 0. The van der Waals surface area contributed by atoms with Crippen LogP contribution in [0.1, 0.15) is 13.8 Å². The summed E-state index contributed by atoms with van der Waals surface area (Å²) in [7, 11) is 0. The Kier molecular flexibility index (Phi) is 5.55. The first-order chi connectivity index (χ1) is 7.63. The maximum atomic E-state index is 8.84. The van der Waals surface area contributed by atoms with E-state index < -0.39 is 0 Å². The summed E-state index contributed by atoms with van der Waals surface area (Å²) in [5.41, 5.74) is 5.92. The van der Waals surface area contributed by atoms with Gasteiger partial charge >= 0.3 is 0 Å². The van der Waals surface area contributed by atoms with E-state index in [-0.39, 0.29) is 6.61 Å². The number of piperazine rings is 1. The minimum absolute atomic E-state index is 0.233. The first-order valence-electron chi connectivity index (χ1n) is 6.01. The predicted octanol–water partition coefficient (Wildman–Crippen LogP) is -0.433. The fraction of sp³-hybridized carbons (Fsp3) is 0.909. The Labute approximate surface area is 97.9 Å². The van der Waals surface area contributed by atoms with E-state index in [1.807, 2.05) is 0 Å². The molecule has 94 valence electrons. The lowest BCUT2D eigenvalue weighted by atomic mass is 10.2. The highest BCUT2D eigenvalue weighted by Crippen LogP contribution is 2.01. The zero-order chi connectivity index (χ0) is 12.0. The molecule has 0 aromatic carbocycles. The monoisotopic (exact) mass is 228 g/mol. The van der Waals surface area contributed by atoms with Crippen molar-refractivity contribution >= 4 is 5.96 Å². The van der Waals surface area contributed by atoms with Crippen LogP contribution in [0.15, 0.2) is 4.99 Å². The Morgan fingerprint density at radius 2 is 1.94 bits per heavy atom. The number of hydrogen-bond donors (Lipinski definition) is 2. The Morgan fingerprint density at radius 3 is 2.44 bits per heavy atom. The molecule has 1 aliphatic heterocycles. The van der Waals surface area contributed by atoms with E-state index in [2.05, 4.69) is 28.6 Å². The average Bonchev–Trinajstić information content (AvgIpc) is 2.27. The van der Waals surface area contributed by atoms with E-state index in [0.717, 1.165) is 39.3 Å². The highest BCUT2D eigenvalue weighted by atomic mass is 16.3. The smallest absolute Gasteiger partial charge is 0.191 e. The first kappa shape index (κ1) is 13.3. The molecule has 0 bridgehead atoms. The van der Waals surface area contributed by atoms with E-state index in [0.29, 0.717) is 11.9 Å². The van der Waals surface area contributed by atoms with E-state index in [9.17, 15) is 0 Å². The summed E-state index contributed by atoms with van der Waals surface area (Å²) in [6.07, 6.45) is 0. The molecule has 0 atom stereocenters. The van der Waals surface area contributed by atoms with Crippen molar-refractivity contribution in [3.8, 4) is 0 Å². The summed E-state index contributed by atoms with van der Waals surface area (Å²) >= 11 is 0. The normalized spacial score (nSPS) is 19.5. The van der Waals surface area contributed by atoms with E-state index in [1.54, 1.807) is 0 Å². The molecular formula is C11H24N4O. The van der Waals surface area contributed by atoms with Crippen molar-refractivity contribution in [2.24, 2.45) is 16.6 Å². The molecule has 5 heteroatoms. The topological polar surface area (TPSA) is 65.1 Å². The fourth-order valence-electron chi connectivity index (χ4n) is 1.72. The quantitative estimate of drug-likeness (QED) is 0.506. The average molecular weight is 228 g/mol. The molecule has 16 heavy (non-hydrogen) atoms. The molecule has 5 nitrogen and oxygen atoms in total. The molecule has 0 amide bonds. The highest BCUT2D eigenvalue weighted by Gasteiger charge is 2.17. The lowest BCUT2D eigenvalue weighted by molar-refractivity contribution is 0.146. The number of hydrogen-bond acceptors (Lipinski definition) is 3. The highest BCUT2D eigenvalue weighted by molar-refractivity contribution is 5.78. The van der Waals surface area contributed by atoms with Crippen LogP contribution in [-0.4, -0.2) is 66.7 Å². The molecule has 0 aliphatic carbocycles. The second kappa shape index (κ2) is 6.70. The molecule has 1 saturated heterocycles.